The van der Waals surface area contributed by atoms with Crippen LogP contribution in [0.2, 0.25) is 0 Å². The van der Waals surface area contributed by atoms with Gasteiger partial charge < -0.3 is 15.8 Å². The molecule has 1 amide bonds. The third kappa shape index (κ3) is 5.76. The molecular formula is C27H35N7O2S. The number of nitrogens with zero attached hydrogens (tertiary/aromatic N) is 5. The van der Waals surface area contributed by atoms with Crippen molar-refractivity contribution < 1.29 is 9.53 Å². The number of nitrogens with one attached hydrogen (secondary N) is 1. The van der Waals surface area contributed by atoms with Gasteiger partial charge in [0.15, 0.2) is 4.96 Å². The molecule has 196 valence electrons. The van der Waals surface area contributed by atoms with Gasteiger partial charge >= 0.3 is 0 Å². The summed E-state index contributed by atoms with van der Waals surface area (Å²) in [5, 5.41) is 5.55. The first-order chi connectivity index (χ1) is 17.7. The number of hydrogen-bond donors (Lipinski definition) is 2. The van der Waals surface area contributed by atoms with Gasteiger partial charge in [-0.25, -0.2) is 15.0 Å². The van der Waals surface area contributed by atoms with Gasteiger partial charge in [0, 0.05) is 42.5 Å². The normalized spacial score (nSPS) is 21.1. The van der Waals surface area contributed by atoms with Crippen LogP contribution in [0.15, 0.2) is 41.6 Å². The van der Waals surface area contributed by atoms with Gasteiger partial charge in [-0.3, -0.25) is 14.1 Å². The van der Waals surface area contributed by atoms with Crippen molar-refractivity contribution in [2.75, 3.05) is 25.1 Å². The van der Waals surface area contributed by atoms with Crippen LogP contribution in [0.5, 0.6) is 0 Å². The third-order valence-corrected chi connectivity index (χ3v) is 7.53. The predicted octanol–water partition coefficient (Wildman–Crippen LogP) is 4.34. The van der Waals surface area contributed by atoms with Gasteiger partial charge in [-0.15, -0.1) is 11.3 Å². The number of thiazole rings is 1. The molecule has 3 aromatic rings. The first-order valence-corrected chi connectivity index (χ1v) is 13.7. The van der Waals surface area contributed by atoms with E-state index in [2.05, 4.69) is 46.4 Å². The zero-order chi connectivity index (χ0) is 26.2. The number of hydrogen-bond acceptors (Lipinski definition) is 8. The summed E-state index contributed by atoms with van der Waals surface area (Å²) in [7, 11) is 0. The second-order valence-electron chi connectivity index (χ2n) is 10.8. The minimum Gasteiger partial charge on any atom is -0.366 e. The fourth-order valence-electron chi connectivity index (χ4n) is 4.83. The summed E-state index contributed by atoms with van der Waals surface area (Å²) in [6, 6.07) is 2.15. The lowest BCUT2D eigenvalue weighted by Gasteiger charge is -2.34. The average Bonchev–Trinajstić information content (AvgIpc) is 3.44. The van der Waals surface area contributed by atoms with E-state index in [1.54, 1.807) is 17.5 Å². The Balaban J connectivity index is 1.41. The molecule has 2 aliphatic rings. The number of imidazole rings is 1. The Bertz CT molecular complexity index is 1350. The van der Waals surface area contributed by atoms with E-state index in [-0.39, 0.29) is 23.5 Å². The van der Waals surface area contributed by atoms with Crippen LogP contribution in [0.1, 0.15) is 52.7 Å². The molecule has 0 saturated carbocycles. The summed E-state index contributed by atoms with van der Waals surface area (Å²) in [6.07, 6.45) is 10.7. The average molecular weight is 522 g/mol. The minimum absolute atomic E-state index is 0.0899. The summed E-state index contributed by atoms with van der Waals surface area (Å²) in [5.74, 6) is 0.299. The minimum atomic E-state index is -0.386. The molecule has 1 aliphatic carbocycles. The largest absolute Gasteiger partial charge is 0.366 e. The smallest absolute Gasteiger partial charge is 0.244 e. The summed E-state index contributed by atoms with van der Waals surface area (Å²) in [4.78, 5) is 29.6. The number of carbonyl (C=O) groups is 1. The number of piperidine rings is 1. The summed E-state index contributed by atoms with van der Waals surface area (Å²) in [6.45, 7) is 10.8. The van der Waals surface area contributed by atoms with Crippen LogP contribution in [-0.2, 0) is 9.53 Å². The molecule has 1 aliphatic heterocycles. The maximum absolute atomic E-state index is 12.0. The monoisotopic (exact) mass is 521 g/mol. The number of amides is 1. The fourth-order valence-corrected chi connectivity index (χ4v) is 5.54. The van der Waals surface area contributed by atoms with Gasteiger partial charge in [-0.2, -0.15) is 0 Å². The molecule has 1 saturated heterocycles. The summed E-state index contributed by atoms with van der Waals surface area (Å²) >= 11 is 1.56. The van der Waals surface area contributed by atoms with Crippen LogP contribution < -0.4 is 11.1 Å². The van der Waals surface area contributed by atoms with Gasteiger partial charge in [-0.1, -0.05) is 13.0 Å². The van der Waals surface area contributed by atoms with Crippen LogP contribution in [0.4, 0.5) is 5.95 Å². The lowest BCUT2D eigenvalue weighted by atomic mass is 9.88. The van der Waals surface area contributed by atoms with E-state index in [0.29, 0.717) is 18.3 Å². The summed E-state index contributed by atoms with van der Waals surface area (Å²) < 4.78 is 8.04. The summed E-state index contributed by atoms with van der Waals surface area (Å²) in [5.41, 5.74) is 9.48. The number of aromatic nitrogens is 4. The highest BCUT2D eigenvalue weighted by molar-refractivity contribution is 7.15. The first kappa shape index (κ1) is 25.6. The zero-order valence-electron chi connectivity index (χ0n) is 21.9. The zero-order valence-corrected chi connectivity index (χ0v) is 22.7. The number of nitrogens with two attached hydrogens (primary N) is 1. The maximum Gasteiger partial charge on any atom is 0.244 e. The van der Waals surface area contributed by atoms with E-state index < -0.39 is 0 Å². The van der Waals surface area contributed by atoms with Gasteiger partial charge in [0.2, 0.25) is 11.9 Å². The number of primary amides is 1. The molecule has 4 heterocycles. The molecule has 37 heavy (non-hydrogen) atoms. The van der Waals surface area contributed by atoms with E-state index >= 15 is 0 Å². The lowest BCUT2D eigenvalue weighted by molar-refractivity contribution is -0.115. The highest BCUT2D eigenvalue weighted by Crippen LogP contribution is 2.35. The van der Waals surface area contributed by atoms with Gasteiger partial charge in [0.05, 0.1) is 23.7 Å². The van der Waals surface area contributed by atoms with E-state index in [4.69, 9.17) is 20.4 Å². The number of allylic oxidation sites excluding steroid dienone is 3. The van der Waals surface area contributed by atoms with E-state index in [9.17, 15) is 4.79 Å². The SMILES string of the molecule is CC1CC=C(c2nc3sccn3c2-c2ccnc(N[C@@H]3CCCN(COC(C)(C)C)C3)n2)C=C1C(N)=O. The second-order valence-corrected chi connectivity index (χ2v) is 11.7. The highest BCUT2D eigenvalue weighted by atomic mass is 32.1. The van der Waals surface area contributed by atoms with Crippen LogP contribution >= 0.6 is 11.3 Å². The van der Waals surface area contributed by atoms with Crippen LogP contribution in [0, 0.1) is 5.92 Å². The Kier molecular flexibility index (Phi) is 7.15. The Morgan fingerprint density at radius 3 is 2.95 bits per heavy atom. The molecule has 3 aromatic heterocycles. The van der Waals surface area contributed by atoms with Crippen molar-refractivity contribution in [1.82, 2.24) is 24.3 Å². The number of fused-ring (bicyclic) bond motifs is 1. The first-order valence-electron chi connectivity index (χ1n) is 12.8. The van der Waals surface area contributed by atoms with Crippen molar-refractivity contribution in [1.29, 1.82) is 0 Å². The molecule has 1 fully saturated rings. The van der Waals surface area contributed by atoms with Crippen molar-refractivity contribution in [2.45, 2.75) is 58.6 Å². The predicted molar refractivity (Wildman–Crippen MR) is 147 cm³/mol. The maximum atomic E-state index is 12.0. The molecule has 5 rings (SSSR count). The van der Waals surface area contributed by atoms with Gasteiger partial charge in [-0.05, 0) is 63.7 Å². The van der Waals surface area contributed by atoms with Crippen molar-refractivity contribution in [3.05, 3.63) is 47.3 Å². The molecule has 1 unspecified atom stereocenters. The van der Waals surface area contributed by atoms with Gasteiger partial charge in [0.1, 0.15) is 5.69 Å². The molecule has 0 radical (unpaired) electrons. The molecule has 0 aromatic carbocycles. The molecule has 10 heteroatoms. The van der Waals surface area contributed by atoms with Crippen LogP contribution in [0.3, 0.4) is 0 Å². The molecule has 0 bridgehead atoms. The van der Waals surface area contributed by atoms with E-state index in [1.807, 2.05) is 30.6 Å². The van der Waals surface area contributed by atoms with Crippen molar-refractivity contribution in [2.24, 2.45) is 11.7 Å². The molecule has 3 N–H and O–H groups in total. The number of carbonyl (C=O) groups excluding carboxylic acids is 1. The highest BCUT2D eigenvalue weighted by Gasteiger charge is 2.25. The lowest BCUT2D eigenvalue weighted by Crippen LogP contribution is -2.44. The quantitative estimate of drug-likeness (QED) is 0.476. The van der Waals surface area contributed by atoms with Crippen LogP contribution in [-0.4, -0.2) is 61.6 Å². The second kappa shape index (κ2) is 10.4. The number of rotatable bonds is 7. The van der Waals surface area contributed by atoms with Crippen LogP contribution in [0.25, 0.3) is 21.9 Å². The Labute approximate surface area is 221 Å². The molecule has 0 spiro atoms. The molecule has 2 atom stereocenters. The fraction of sp³-hybridized carbons (Fsp3) is 0.481. The Hall–Kier alpha value is -3.08. The number of ether oxygens (including phenoxy) is 1. The Morgan fingerprint density at radius 1 is 1.32 bits per heavy atom. The van der Waals surface area contributed by atoms with Crippen molar-refractivity contribution >= 4 is 33.7 Å². The van der Waals surface area contributed by atoms with Crippen molar-refractivity contribution in [3.8, 4) is 11.4 Å². The molecule has 9 nitrogen and oxygen atoms in total. The topological polar surface area (TPSA) is 111 Å². The Morgan fingerprint density at radius 2 is 2.16 bits per heavy atom. The van der Waals surface area contributed by atoms with Crippen molar-refractivity contribution in [3.63, 3.8) is 0 Å². The van der Waals surface area contributed by atoms with Gasteiger partial charge in [0.25, 0.3) is 0 Å². The molecular weight excluding hydrogens is 486 g/mol. The number of anilines is 1. The van der Waals surface area contributed by atoms with E-state index in [0.717, 1.165) is 60.0 Å². The third-order valence-electron chi connectivity index (χ3n) is 6.77. The standard InChI is InChI=1S/C27H35N7O2S/c1-17-7-8-18(14-20(17)24(28)35)22-23(34-12-13-37-26(34)32-22)21-9-10-29-25(31-21)30-19-6-5-11-33(15-19)16-36-27(2,3)4/h8-10,12-14,17,19H,5-7,11,15-16H2,1-4H3,(H2,28,35)(H,29,30,31)/t17?,19-/m1/s1. The van der Waals surface area contributed by atoms with E-state index in [1.165, 1.54) is 0 Å². The number of likely N-dealkylation sites (tertiary alicyclic amines) is 1.